The molecule has 8 heteroatoms. The summed E-state index contributed by atoms with van der Waals surface area (Å²) in [5, 5.41) is 6.78. The summed E-state index contributed by atoms with van der Waals surface area (Å²) < 4.78 is 1.66. The molecule has 0 spiro atoms. The minimum absolute atomic E-state index is 0.183. The molecule has 1 atom stereocenters. The lowest BCUT2D eigenvalue weighted by Gasteiger charge is -2.32. The summed E-state index contributed by atoms with van der Waals surface area (Å²) in [4.78, 5) is 34.4. The Morgan fingerprint density at radius 3 is 2.82 bits per heavy atom. The van der Waals surface area contributed by atoms with Gasteiger partial charge in [-0.1, -0.05) is 0 Å². The number of rotatable bonds is 2. The number of likely N-dealkylation sites (N-methyl/N-ethyl adjacent to an activating group) is 1. The second-order valence-electron chi connectivity index (χ2n) is 5.13. The van der Waals surface area contributed by atoms with E-state index in [1.165, 1.54) is 6.20 Å². The predicted octanol–water partition coefficient (Wildman–Crippen LogP) is -0.0754. The van der Waals surface area contributed by atoms with E-state index in [9.17, 15) is 9.59 Å². The second-order valence-corrected chi connectivity index (χ2v) is 5.13. The molecule has 2 aromatic rings. The van der Waals surface area contributed by atoms with Crippen LogP contribution in [0.1, 0.15) is 27.9 Å². The van der Waals surface area contributed by atoms with E-state index in [0.717, 1.165) is 11.4 Å². The summed E-state index contributed by atoms with van der Waals surface area (Å²) in [5.41, 5.74) is 1.83. The van der Waals surface area contributed by atoms with Gasteiger partial charge in [0.05, 0.1) is 30.7 Å². The van der Waals surface area contributed by atoms with Gasteiger partial charge in [-0.05, 0) is 13.0 Å². The highest BCUT2D eigenvalue weighted by Crippen LogP contribution is 2.21. The van der Waals surface area contributed by atoms with Crippen LogP contribution < -0.4 is 5.32 Å². The molecule has 0 fully saturated rings. The van der Waals surface area contributed by atoms with Gasteiger partial charge < -0.3 is 10.2 Å². The molecular formula is C14H16N6O2. The molecule has 22 heavy (non-hydrogen) atoms. The lowest BCUT2D eigenvalue weighted by atomic mass is 10.1. The van der Waals surface area contributed by atoms with Crippen LogP contribution in [0.15, 0.2) is 24.7 Å². The number of nitrogens with one attached hydrogen (secondary N) is 1. The fourth-order valence-electron chi connectivity index (χ4n) is 2.47. The van der Waals surface area contributed by atoms with Gasteiger partial charge in [0, 0.05) is 19.4 Å². The maximum absolute atomic E-state index is 12.6. The van der Waals surface area contributed by atoms with Crippen LogP contribution in [0.2, 0.25) is 0 Å². The van der Waals surface area contributed by atoms with Crippen molar-refractivity contribution in [3.05, 3.63) is 41.7 Å². The number of nitrogens with zero attached hydrogens (tertiary/aromatic N) is 5. The Balaban J connectivity index is 1.88. The first-order chi connectivity index (χ1) is 10.6. The number of hydrogen-bond acceptors (Lipinski definition) is 5. The molecular weight excluding hydrogens is 284 g/mol. The number of fused-ring (bicyclic) bond motifs is 1. The van der Waals surface area contributed by atoms with Gasteiger partial charge in [0.15, 0.2) is 0 Å². The minimum atomic E-state index is -0.536. The van der Waals surface area contributed by atoms with Crippen LogP contribution in [0.3, 0.4) is 0 Å². The average molecular weight is 300 g/mol. The van der Waals surface area contributed by atoms with Gasteiger partial charge in [0.1, 0.15) is 11.7 Å². The molecule has 3 heterocycles. The zero-order valence-corrected chi connectivity index (χ0v) is 12.4. The summed E-state index contributed by atoms with van der Waals surface area (Å²) in [6.07, 6.45) is 4.64. The molecule has 0 saturated carbocycles. The molecule has 114 valence electrons. The number of amides is 2. The molecule has 0 saturated heterocycles. The summed E-state index contributed by atoms with van der Waals surface area (Å²) in [5.74, 6) is -0.425. The van der Waals surface area contributed by atoms with Gasteiger partial charge in [-0.15, -0.1) is 0 Å². The van der Waals surface area contributed by atoms with Crippen LogP contribution in [0.25, 0.3) is 0 Å². The van der Waals surface area contributed by atoms with Crippen LogP contribution in [0, 0.1) is 6.92 Å². The maximum atomic E-state index is 12.6. The predicted molar refractivity (Wildman–Crippen MR) is 76.8 cm³/mol. The van der Waals surface area contributed by atoms with E-state index < -0.39 is 6.04 Å². The van der Waals surface area contributed by atoms with Crippen molar-refractivity contribution in [3.63, 3.8) is 0 Å². The summed E-state index contributed by atoms with van der Waals surface area (Å²) in [6, 6.07) is 1.27. The molecule has 3 rings (SSSR count). The Morgan fingerprint density at radius 2 is 2.14 bits per heavy atom. The lowest BCUT2D eigenvalue weighted by molar-refractivity contribution is -0.125. The largest absolute Gasteiger partial charge is 0.357 e. The quantitative estimate of drug-likeness (QED) is 0.837. The van der Waals surface area contributed by atoms with E-state index in [2.05, 4.69) is 20.4 Å². The molecule has 1 N–H and O–H groups in total. The lowest BCUT2D eigenvalue weighted by Crippen LogP contribution is -2.46. The Kier molecular flexibility index (Phi) is 3.58. The Bertz CT molecular complexity index is 708. The smallest absolute Gasteiger partial charge is 0.274 e. The van der Waals surface area contributed by atoms with Gasteiger partial charge in [0.2, 0.25) is 5.91 Å². The zero-order valence-electron chi connectivity index (χ0n) is 12.4. The van der Waals surface area contributed by atoms with Crippen LogP contribution in [0.4, 0.5) is 0 Å². The second kappa shape index (κ2) is 5.55. The van der Waals surface area contributed by atoms with Gasteiger partial charge in [-0.25, -0.2) is 4.98 Å². The molecule has 0 bridgehead atoms. The molecule has 0 aromatic carbocycles. The van der Waals surface area contributed by atoms with E-state index in [1.54, 1.807) is 35.1 Å². The van der Waals surface area contributed by atoms with Crippen molar-refractivity contribution < 1.29 is 9.59 Å². The average Bonchev–Trinajstić information content (AvgIpc) is 3.01. The molecule has 0 radical (unpaired) electrons. The van der Waals surface area contributed by atoms with Crippen LogP contribution in [-0.4, -0.2) is 50.1 Å². The molecule has 2 aromatic heterocycles. The third-order valence-electron chi connectivity index (χ3n) is 3.63. The third-order valence-corrected chi connectivity index (χ3v) is 3.63. The molecule has 0 aliphatic carbocycles. The highest BCUT2D eigenvalue weighted by molar-refractivity contribution is 5.92. The topological polar surface area (TPSA) is 93.0 Å². The number of aryl methyl sites for hydroxylation is 1. The van der Waals surface area contributed by atoms with Crippen LogP contribution >= 0.6 is 0 Å². The van der Waals surface area contributed by atoms with Crippen LogP contribution in [-0.2, 0) is 11.3 Å². The van der Waals surface area contributed by atoms with Gasteiger partial charge >= 0.3 is 0 Å². The highest BCUT2D eigenvalue weighted by Gasteiger charge is 2.33. The third kappa shape index (κ3) is 2.43. The Labute approximate surface area is 127 Å². The standard InChI is InChI=1S/C14H16N6O2/c1-9-5-17-11(6-16-9)14(22)19-7-10-3-4-18-20(10)12(8-19)13(21)15-2/h3-6,12H,7-8H2,1-2H3,(H,15,21). The highest BCUT2D eigenvalue weighted by atomic mass is 16.2. The number of aromatic nitrogens is 4. The fraction of sp³-hybridized carbons (Fsp3) is 0.357. The zero-order chi connectivity index (χ0) is 15.7. The molecule has 1 aliphatic rings. The molecule has 1 aliphatic heterocycles. The first-order valence-electron chi connectivity index (χ1n) is 6.92. The number of hydrogen-bond donors (Lipinski definition) is 1. The van der Waals surface area contributed by atoms with Crippen molar-refractivity contribution in [2.75, 3.05) is 13.6 Å². The first-order valence-corrected chi connectivity index (χ1v) is 6.92. The summed E-state index contributed by atoms with van der Waals surface area (Å²) in [6.45, 7) is 2.45. The Morgan fingerprint density at radius 1 is 1.32 bits per heavy atom. The van der Waals surface area contributed by atoms with E-state index in [4.69, 9.17) is 0 Å². The van der Waals surface area contributed by atoms with Crippen molar-refractivity contribution in [2.45, 2.75) is 19.5 Å². The van der Waals surface area contributed by atoms with Crippen molar-refractivity contribution in [3.8, 4) is 0 Å². The summed E-state index contributed by atoms with van der Waals surface area (Å²) >= 11 is 0. The molecule has 1 unspecified atom stereocenters. The van der Waals surface area contributed by atoms with Gasteiger partial charge in [-0.3, -0.25) is 19.3 Å². The van der Waals surface area contributed by atoms with Gasteiger partial charge in [-0.2, -0.15) is 5.10 Å². The van der Waals surface area contributed by atoms with Gasteiger partial charge in [0.25, 0.3) is 5.91 Å². The van der Waals surface area contributed by atoms with Crippen molar-refractivity contribution >= 4 is 11.8 Å². The Hall–Kier alpha value is -2.77. The summed E-state index contributed by atoms with van der Waals surface area (Å²) in [7, 11) is 1.57. The number of carbonyl (C=O) groups excluding carboxylic acids is 2. The van der Waals surface area contributed by atoms with E-state index in [-0.39, 0.29) is 24.1 Å². The normalized spacial score (nSPS) is 17.0. The monoisotopic (exact) mass is 300 g/mol. The molecule has 2 amide bonds. The van der Waals surface area contributed by atoms with Crippen molar-refractivity contribution in [1.82, 2.24) is 30.0 Å². The maximum Gasteiger partial charge on any atom is 0.274 e. The van der Waals surface area contributed by atoms with E-state index in [1.807, 2.05) is 6.92 Å². The van der Waals surface area contributed by atoms with Crippen molar-refractivity contribution in [2.24, 2.45) is 0 Å². The fourth-order valence-corrected chi connectivity index (χ4v) is 2.47. The SMILES string of the molecule is CNC(=O)C1CN(C(=O)c2cnc(C)cn2)Cc2ccnn21. The number of carbonyl (C=O) groups is 2. The van der Waals surface area contributed by atoms with Crippen molar-refractivity contribution in [1.29, 1.82) is 0 Å². The first kappa shape index (κ1) is 14.2. The van der Waals surface area contributed by atoms with Crippen LogP contribution in [0.5, 0.6) is 0 Å². The van der Waals surface area contributed by atoms with E-state index in [0.29, 0.717) is 6.54 Å². The molecule has 8 nitrogen and oxygen atoms in total. The van der Waals surface area contributed by atoms with E-state index >= 15 is 0 Å². The minimum Gasteiger partial charge on any atom is -0.357 e.